The summed E-state index contributed by atoms with van der Waals surface area (Å²) in [6, 6.07) is 10.6. The number of benzene rings is 2. The number of para-hydroxylation sites is 1. The molecule has 1 N–H and O–H groups in total. The average Bonchev–Trinajstić information content (AvgIpc) is 2.53. The Morgan fingerprint density at radius 3 is 2.70 bits per heavy atom. The molecule has 2 aromatic rings. The van der Waals surface area contributed by atoms with E-state index in [1.807, 2.05) is 0 Å². The molecule has 0 radical (unpaired) electrons. The highest BCUT2D eigenvalue weighted by molar-refractivity contribution is 7.93. The molecule has 23 heavy (non-hydrogen) atoms. The summed E-state index contributed by atoms with van der Waals surface area (Å²) in [7, 11) is -3.98. The normalized spacial score (nSPS) is 14.5. The van der Waals surface area contributed by atoms with Crippen LogP contribution in [0.15, 0.2) is 47.4 Å². The third-order valence-corrected chi connectivity index (χ3v) is 5.85. The van der Waals surface area contributed by atoms with Crippen LogP contribution in [0.3, 0.4) is 0 Å². The number of sulfonamides is 1. The maximum atomic E-state index is 13.0. The van der Waals surface area contributed by atoms with Gasteiger partial charge in [-0.1, -0.05) is 23.7 Å². The zero-order valence-electron chi connectivity index (χ0n) is 12.0. The quantitative estimate of drug-likeness (QED) is 0.857. The molecule has 8 heteroatoms. The average molecular weight is 354 g/mol. The highest BCUT2D eigenvalue weighted by Gasteiger charge is 2.31. The van der Waals surface area contributed by atoms with E-state index < -0.39 is 15.2 Å². The van der Waals surface area contributed by atoms with Gasteiger partial charge >= 0.3 is 0 Å². The number of anilines is 2. The van der Waals surface area contributed by atoms with Crippen molar-refractivity contribution in [2.24, 2.45) is 0 Å². The van der Waals surface area contributed by atoms with E-state index in [1.54, 1.807) is 18.2 Å². The molecule has 6 nitrogen and oxygen atoms in total. The number of rotatable bonds is 3. The minimum Gasteiger partial charge on any atom is -0.733 e. The van der Waals surface area contributed by atoms with Crippen LogP contribution in [0.5, 0.6) is 0 Å². The highest BCUT2D eigenvalue weighted by Crippen LogP contribution is 2.35. The van der Waals surface area contributed by atoms with Crippen molar-refractivity contribution in [1.82, 2.24) is 0 Å². The van der Waals surface area contributed by atoms with Crippen LogP contribution in [0.1, 0.15) is 12.0 Å². The van der Waals surface area contributed by atoms with Gasteiger partial charge in [0.2, 0.25) is 0 Å². The number of hydrogen-bond acceptors (Lipinski definition) is 5. The second kappa shape index (κ2) is 6.01. The molecule has 0 amide bonds. The first-order valence-electron chi connectivity index (χ1n) is 6.97. The SMILES string of the molecule is O=S(=O)(c1ccccc1N([O-])O)N1CCCc2cc(Cl)ccc21. The van der Waals surface area contributed by atoms with E-state index in [2.05, 4.69) is 0 Å². The highest BCUT2D eigenvalue weighted by atomic mass is 35.5. The fourth-order valence-electron chi connectivity index (χ4n) is 2.73. The smallest absolute Gasteiger partial charge is 0.266 e. The first-order chi connectivity index (χ1) is 10.9. The van der Waals surface area contributed by atoms with Gasteiger partial charge in [0, 0.05) is 11.6 Å². The lowest BCUT2D eigenvalue weighted by Crippen LogP contribution is -2.36. The second-order valence-corrected chi connectivity index (χ2v) is 7.46. The molecular formula is C15H14ClN2O4S-. The van der Waals surface area contributed by atoms with Crippen molar-refractivity contribution in [3.05, 3.63) is 58.3 Å². The summed E-state index contributed by atoms with van der Waals surface area (Å²) in [5.74, 6) is 0. The minimum atomic E-state index is -3.98. The summed E-state index contributed by atoms with van der Waals surface area (Å²) < 4.78 is 27.2. The lowest BCUT2D eigenvalue weighted by atomic mass is 10.0. The fraction of sp³-hybridized carbons (Fsp3) is 0.200. The largest absolute Gasteiger partial charge is 0.733 e. The molecule has 0 unspecified atom stereocenters. The molecular weight excluding hydrogens is 340 g/mol. The Morgan fingerprint density at radius 2 is 1.96 bits per heavy atom. The van der Waals surface area contributed by atoms with Crippen LogP contribution in [0.25, 0.3) is 0 Å². The lowest BCUT2D eigenvalue weighted by Gasteiger charge is -2.32. The first kappa shape index (κ1) is 16.1. The molecule has 3 rings (SSSR count). The van der Waals surface area contributed by atoms with Crippen molar-refractivity contribution in [3.8, 4) is 0 Å². The van der Waals surface area contributed by atoms with Gasteiger partial charge in [0.1, 0.15) is 4.90 Å². The first-order valence-corrected chi connectivity index (χ1v) is 8.79. The Labute approximate surface area is 139 Å². The molecule has 0 fully saturated rings. The summed E-state index contributed by atoms with van der Waals surface area (Å²) >= 11 is 5.97. The maximum Gasteiger partial charge on any atom is 0.266 e. The van der Waals surface area contributed by atoms with Crippen LogP contribution in [0.4, 0.5) is 11.4 Å². The summed E-state index contributed by atoms with van der Waals surface area (Å²) in [6.45, 7) is 0.301. The number of fused-ring (bicyclic) bond motifs is 1. The number of aryl methyl sites for hydroxylation is 1. The van der Waals surface area contributed by atoms with Crippen molar-refractivity contribution < 1.29 is 13.6 Å². The van der Waals surface area contributed by atoms with Crippen molar-refractivity contribution in [1.29, 1.82) is 0 Å². The molecule has 0 aliphatic carbocycles. The Hall–Kier alpha value is -1.80. The predicted octanol–water partition coefficient (Wildman–Crippen LogP) is 3.17. The van der Waals surface area contributed by atoms with Gasteiger partial charge < -0.3 is 10.4 Å². The maximum absolute atomic E-state index is 13.0. The van der Waals surface area contributed by atoms with Gasteiger partial charge in [0.05, 0.1) is 11.4 Å². The van der Waals surface area contributed by atoms with E-state index in [4.69, 9.17) is 11.6 Å². The zero-order valence-corrected chi connectivity index (χ0v) is 13.6. The van der Waals surface area contributed by atoms with E-state index in [0.29, 0.717) is 23.7 Å². The number of halogens is 1. The molecule has 122 valence electrons. The molecule has 0 spiro atoms. The lowest BCUT2D eigenvalue weighted by molar-refractivity contribution is 0.294. The molecule has 0 saturated carbocycles. The van der Waals surface area contributed by atoms with Crippen LogP contribution in [0, 0.1) is 5.21 Å². The Balaban J connectivity index is 2.13. The molecule has 0 saturated heterocycles. The standard InChI is InChI=1S/C15H14ClN2O4S/c16-12-7-8-13-11(10-12)4-3-9-17(13)23(21,22)15-6-2-1-5-14(15)18(19)20/h1-2,5-8,10,19H,3-4,9H2/q-1. The number of hydrogen-bond donors (Lipinski definition) is 1. The minimum absolute atomic E-state index is 0.236. The van der Waals surface area contributed by atoms with Crippen LogP contribution in [-0.4, -0.2) is 20.2 Å². The molecule has 1 aliphatic heterocycles. The van der Waals surface area contributed by atoms with E-state index in [1.165, 1.54) is 28.6 Å². The van der Waals surface area contributed by atoms with Crippen molar-refractivity contribution in [2.75, 3.05) is 16.1 Å². The van der Waals surface area contributed by atoms with Gasteiger partial charge in [-0.2, -0.15) is 0 Å². The predicted molar refractivity (Wildman–Crippen MR) is 88.4 cm³/mol. The van der Waals surface area contributed by atoms with E-state index in [-0.39, 0.29) is 10.6 Å². The molecule has 1 heterocycles. The fourth-order valence-corrected chi connectivity index (χ4v) is 4.63. The zero-order chi connectivity index (χ0) is 16.6. The topological polar surface area (TPSA) is 83.9 Å². The van der Waals surface area contributed by atoms with Crippen molar-refractivity contribution in [3.63, 3.8) is 0 Å². The Bertz CT molecular complexity index is 839. The van der Waals surface area contributed by atoms with Crippen LogP contribution in [-0.2, 0) is 16.4 Å². The van der Waals surface area contributed by atoms with Gasteiger partial charge in [-0.15, -0.1) is 0 Å². The molecule has 0 bridgehead atoms. The van der Waals surface area contributed by atoms with E-state index in [0.717, 1.165) is 12.0 Å². The van der Waals surface area contributed by atoms with Gasteiger partial charge in [-0.25, -0.2) is 8.42 Å². The number of nitrogens with zero attached hydrogens (tertiary/aromatic N) is 2. The summed E-state index contributed by atoms with van der Waals surface area (Å²) in [6.07, 6.45) is 1.38. The van der Waals surface area contributed by atoms with E-state index in [9.17, 15) is 18.8 Å². The Morgan fingerprint density at radius 1 is 1.22 bits per heavy atom. The third-order valence-electron chi connectivity index (χ3n) is 3.76. The van der Waals surface area contributed by atoms with Gasteiger partial charge in [0.25, 0.3) is 10.0 Å². The monoisotopic (exact) mass is 353 g/mol. The molecule has 1 aliphatic rings. The summed E-state index contributed by atoms with van der Waals surface area (Å²) in [4.78, 5) is -0.236. The molecule has 0 aromatic heterocycles. The Kier molecular flexibility index (Phi) is 4.20. The summed E-state index contributed by atoms with van der Waals surface area (Å²) in [5, 5.41) is 20.5. The summed E-state index contributed by atoms with van der Waals surface area (Å²) in [5.41, 5.74) is 1.08. The van der Waals surface area contributed by atoms with Crippen LogP contribution >= 0.6 is 11.6 Å². The van der Waals surface area contributed by atoms with Crippen LogP contribution < -0.4 is 9.53 Å². The molecule has 0 atom stereocenters. The van der Waals surface area contributed by atoms with Gasteiger partial charge in [-0.3, -0.25) is 9.51 Å². The van der Waals surface area contributed by atoms with Gasteiger partial charge in [-0.05, 0) is 48.7 Å². The van der Waals surface area contributed by atoms with Gasteiger partial charge in [0.15, 0.2) is 0 Å². The van der Waals surface area contributed by atoms with Crippen LogP contribution in [0.2, 0.25) is 5.02 Å². The van der Waals surface area contributed by atoms with Crippen molar-refractivity contribution >= 4 is 33.0 Å². The van der Waals surface area contributed by atoms with E-state index >= 15 is 0 Å². The second-order valence-electron chi connectivity index (χ2n) is 5.19. The third kappa shape index (κ3) is 2.88. The van der Waals surface area contributed by atoms with Crippen molar-refractivity contribution in [2.45, 2.75) is 17.7 Å². The molecule has 2 aromatic carbocycles.